The van der Waals surface area contributed by atoms with E-state index in [0.29, 0.717) is 18.3 Å². The van der Waals surface area contributed by atoms with E-state index in [9.17, 15) is 4.79 Å². The van der Waals surface area contributed by atoms with Crippen molar-refractivity contribution in [1.29, 1.82) is 0 Å². The molecule has 0 saturated heterocycles. The molecule has 0 spiro atoms. The summed E-state index contributed by atoms with van der Waals surface area (Å²) in [4.78, 5) is 15.7. The van der Waals surface area contributed by atoms with Crippen LogP contribution in [0.4, 0.5) is 0 Å². The van der Waals surface area contributed by atoms with E-state index < -0.39 is 0 Å². The number of carbonyl (C=O) groups excluding carboxylic acids is 1. The number of rotatable bonds is 8. The van der Waals surface area contributed by atoms with Gasteiger partial charge >= 0.3 is 0 Å². The Morgan fingerprint density at radius 2 is 2.10 bits per heavy atom. The number of hydrogen-bond donors (Lipinski definition) is 0. The highest BCUT2D eigenvalue weighted by molar-refractivity contribution is 7.99. The summed E-state index contributed by atoms with van der Waals surface area (Å²) in [5, 5.41) is 16.1. The van der Waals surface area contributed by atoms with Crippen molar-refractivity contribution in [3.05, 3.63) is 50.6 Å². The van der Waals surface area contributed by atoms with Crippen molar-refractivity contribution in [3.63, 3.8) is 0 Å². The number of hydrogen-bond acceptors (Lipinski definition) is 6. The van der Waals surface area contributed by atoms with Gasteiger partial charge in [0.05, 0.1) is 5.75 Å². The van der Waals surface area contributed by atoms with Crippen LogP contribution in [0.1, 0.15) is 54.4 Å². The first-order valence-corrected chi connectivity index (χ1v) is 12.9. The molecule has 154 valence electrons. The number of carbonyl (C=O) groups is 1. The van der Waals surface area contributed by atoms with Crippen LogP contribution < -0.4 is 0 Å². The molecule has 0 radical (unpaired) electrons. The first-order valence-electron chi connectivity index (χ1n) is 10.0. The second-order valence-corrected chi connectivity index (χ2v) is 10.2. The van der Waals surface area contributed by atoms with Gasteiger partial charge in [-0.2, -0.15) is 11.3 Å². The van der Waals surface area contributed by atoms with E-state index in [1.165, 1.54) is 54.3 Å². The molecule has 0 aliphatic heterocycles. The summed E-state index contributed by atoms with van der Waals surface area (Å²) in [6.45, 7) is 0.655. The lowest BCUT2D eigenvalue weighted by molar-refractivity contribution is -0.127. The Bertz CT molecular complexity index is 899. The highest BCUT2D eigenvalue weighted by Crippen LogP contribution is 2.33. The smallest absolute Gasteiger partial charge is 0.233 e. The van der Waals surface area contributed by atoms with Crippen molar-refractivity contribution in [1.82, 2.24) is 19.7 Å². The molecule has 0 bridgehead atoms. The largest absolute Gasteiger partial charge is 0.341 e. The van der Waals surface area contributed by atoms with Crippen LogP contribution in [0, 0.1) is 0 Å². The summed E-state index contributed by atoms with van der Waals surface area (Å²) < 4.78 is 2.33. The van der Waals surface area contributed by atoms with Gasteiger partial charge in [-0.25, -0.2) is 0 Å². The van der Waals surface area contributed by atoms with E-state index in [1.807, 2.05) is 12.4 Å². The molecule has 3 aromatic heterocycles. The van der Waals surface area contributed by atoms with Crippen LogP contribution in [0.25, 0.3) is 0 Å². The summed E-state index contributed by atoms with van der Waals surface area (Å²) >= 11 is 4.95. The lowest BCUT2D eigenvalue weighted by atomic mass is 9.95. The molecule has 1 aliphatic carbocycles. The fourth-order valence-electron chi connectivity index (χ4n) is 3.78. The minimum atomic E-state index is 0.124. The van der Waals surface area contributed by atoms with Gasteiger partial charge in [0.1, 0.15) is 5.82 Å². The molecule has 0 unspecified atom stereocenters. The molecule has 1 aliphatic rings. The second-order valence-electron chi connectivity index (χ2n) is 7.49. The summed E-state index contributed by atoms with van der Waals surface area (Å²) in [5.74, 6) is 1.55. The predicted molar refractivity (Wildman–Crippen MR) is 121 cm³/mol. The van der Waals surface area contributed by atoms with Gasteiger partial charge in [0.2, 0.25) is 5.91 Å². The summed E-state index contributed by atoms with van der Waals surface area (Å²) in [5.41, 5.74) is 1.18. The standard InChI is InChI=1S/C21H26N4OS3/c1-24(13-16-9-11-27-14-16)20(26)15-29-21-23-22-19(12-18-8-5-10-28-18)25(21)17-6-3-2-4-7-17/h5,8-11,14,17H,2-4,6-7,12-13,15H2,1H3. The van der Waals surface area contributed by atoms with Gasteiger partial charge in [-0.3, -0.25) is 4.79 Å². The Morgan fingerprint density at radius 3 is 2.83 bits per heavy atom. The average Bonchev–Trinajstić information content (AvgIpc) is 3.50. The molecule has 0 atom stereocenters. The van der Waals surface area contributed by atoms with Crippen LogP contribution in [-0.4, -0.2) is 38.4 Å². The highest BCUT2D eigenvalue weighted by atomic mass is 32.2. The number of thiophene rings is 2. The van der Waals surface area contributed by atoms with E-state index in [4.69, 9.17) is 0 Å². The van der Waals surface area contributed by atoms with Crippen LogP contribution in [0.2, 0.25) is 0 Å². The Hall–Kier alpha value is -1.64. The van der Waals surface area contributed by atoms with E-state index in [2.05, 4.69) is 43.7 Å². The molecule has 4 rings (SSSR count). The molecule has 3 heterocycles. The van der Waals surface area contributed by atoms with Crippen molar-refractivity contribution in [2.45, 2.75) is 56.3 Å². The second kappa shape index (κ2) is 9.91. The zero-order valence-electron chi connectivity index (χ0n) is 16.6. The Labute approximate surface area is 184 Å². The highest BCUT2D eigenvalue weighted by Gasteiger charge is 2.24. The lowest BCUT2D eigenvalue weighted by Crippen LogP contribution is -2.27. The molecule has 0 aromatic carbocycles. The number of aromatic nitrogens is 3. The molecule has 3 aromatic rings. The molecule has 1 fully saturated rings. The predicted octanol–water partition coefficient (Wildman–Crippen LogP) is 5.25. The number of thioether (sulfide) groups is 1. The summed E-state index contributed by atoms with van der Waals surface area (Å²) in [7, 11) is 1.87. The Kier molecular flexibility index (Phi) is 7.05. The summed E-state index contributed by atoms with van der Waals surface area (Å²) in [6.07, 6.45) is 6.99. The van der Waals surface area contributed by atoms with Crippen molar-refractivity contribution in [3.8, 4) is 0 Å². The molecule has 5 nitrogen and oxygen atoms in total. The van der Waals surface area contributed by atoms with Gasteiger partial charge in [-0.1, -0.05) is 37.1 Å². The monoisotopic (exact) mass is 446 g/mol. The van der Waals surface area contributed by atoms with E-state index >= 15 is 0 Å². The third-order valence-electron chi connectivity index (χ3n) is 5.34. The van der Waals surface area contributed by atoms with Crippen molar-refractivity contribution >= 4 is 40.3 Å². The first-order chi connectivity index (χ1) is 14.2. The zero-order chi connectivity index (χ0) is 20.1. The fourth-order valence-corrected chi connectivity index (χ4v) is 6.11. The lowest BCUT2D eigenvalue weighted by Gasteiger charge is -2.25. The van der Waals surface area contributed by atoms with Gasteiger partial charge < -0.3 is 9.47 Å². The Morgan fingerprint density at radius 1 is 1.24 bits per heavy atom. The topological polar surface area (TPSA) is 51.0 Å². The molecule has 1 amide bonds. The van der Waals surface area contributed by atoms with Gasteiger partial charge in [0, 0.05) is 30.9 Å². The third kappa shape index (κ3) is 5.29. The number of amides is 1. The molecular formula is C21H26N4OS3. The van der Waals surface area contributed by atoms with Crippen molar-refractivity contribution in [2.75, 3.05) is 12.8 Å². The molecule has 29 heavy (non-hydrogen) atoms. The molecule has 0 N–H and O–H groups in total. The SMILES string of the molecule is CN(Cc1ccsc1)C(=O)CSc1nnc(Cc2cccs2)n1C1CCCCC1. The van der Waals surface area contributed by atoms with Crippen LogP contribution in [-0.2, 0) is 17.8 Å². The van der Waals surface area contributed by atoms with Gasteiger partial charge in [0.15, 0.2) is 5.16 Å². The minimum absolute atomic E-state index is 0.124. The zero-order valence-corrected chi connectivity index (χ0v) is 19.1. The maximum atomic E-state index is 12.6. The van der Waals surface area contributed by atoms with Gasteiger partial charge in [-0.15, -0.1) is 21.5 Å². The maximum absolute atomic E-state index is 12.6. The fraction of sp³-hybridized carbons (Fsp3) is 0.476. The van der Waals surface area contributed by atoms with Gasteiger partial charge in [-0.05, 0) is 46.7 Å². The summed E-state index contributed by atoms with van der Waals surface area (Å²) in [6, 6.07) is 6.76. The molecule has 8 heteroatoms. The normalized spacial score (nSPS) is 14.9. The average molecular weight is 447 g/mol. The van der Waals surface area contributed by atoms with E-state index in [0.717, 1.165) is 17.4 Å². The van der Waals surface area contributed by atoms with Crippen molar-refractivity contribution < 1.29 is 4.79 Å². The van der Waals surface area contributed by atoms with Crippen LogP contribution >= 0.6 is 34.4 Å². The van der Waals surface area contributed by atoms with Gasteiger partial charge in [0.25, 0.3) is 0 Å². The Balaban J connectivity index is 1.45. The maximum Gasteiger partial charge on any atom is 0.233 e. The van der Waals surface area contributed by atoms with Crippen molar-refractivity contribution in [2.24, 2.45) is 0 Å². The molecular weight excluding hydrogens is 420 g/mol. The molecule has 1 saturated carbocycles. The van der Waals surface area contributed by atoms with E-state index in [-0.39, 0.29) is 5.91 Å². The number of nitrogens with zero attached hydrogens (tertiary/aromatic N) is 4. The van der Waals surface area contributed by atoms with Crippen LogP contribution in [0.3, 0.4) is 0 Å². The van der Waals surface area contributed by atoms with Crippen LogP contribution in [0.5, 0.6) is 0 Å². The minimum Gasteiger partial charge on any atom is -0.341 e. The quantitative estimate of drug-likeness (QED) is 0.444. The van der Waals surface area contributed by atoms with E-state index in [1.54, 1.807) is 27.6 Å². The first kappa shape index (κ1) is 20.6. The van der Waals surface area contributed by atoms with Crippen LogP contribution in [0.15, 0.2) is 39.5 Å². The third-order valence-corrected chi connectivity index (χ3v) is 7.87.